The number of carbonyl (C=O) groups is 2. The van der Waals surface area contributed by atoms with E-state index in [1.54, 1.807) is 0 Å². The minimum Gasteiger partial charge on any atom is -0.322 e. The zero-order valence-electron chi connectivity index (χ0n) is 17.4. The molecule has 1 aliphatic carbocycles. The largest absolute Gasteiger partial charge is 0.322 e. The summed E-state index contributed by atoms with van der Waals surface area (Å²) in [5, 5.41) is 11.2. The van der Waals surface area contributed by atoms with Crippen LogP contribution in [0.4, 0.5) is 5.69 Å². The number of rotatable bonds is 6. The first-order valence-electron chi connectivity index (χ1n) is 10.8. The molecule has 30 heavy (non-hydrogen) atoms. The van der Waals surface area contributed by atoms with Gasteiger partial charge < -0.3 is 5.32 Å². The third-order valence-corrected chi connectivity index (χ3v) is 5.83. The average molecular weight is 402 g/mol. The maximum absolute atomic E-state index is 12.6. The Kier molecular flexibility index (Phi) is 6.17. The molecular weight excluding hydrogens is 374 g/mol. The SMILES string of the molecule is CCCc1ccc(C(=O)Nc2cccc(CC3N=NC(=O)C4=C3CCCC4)c2)cc1. The lowest BCUT2D eigenvalue weighted by Gasteiger charge is -2.25. The van der Waals surface area contributed by atoms with Crippen molar-refractivity contribution in [2.45, 2.75) is 57.9 Å². The molecule has 0 bridgehead atoms. The number of anilines is 1. The lowest BCUT2D eigenvalue weighted by Crippen LogP contribution is -2.23. The Morgan fingerprint density at radius 3 is 2.67 bits per heavy atom. The van der Waals surface area contributed by atoms with E-state index in [0.717, 1.165) is 60.9 Å². The Labute approximate surface area is 177 Å². The maximum atomic E-state index is 12.6. The molecule has 1 heterocycles. The van der Waals surface area contributed by atoms with E-state index in [0.29, 0.717) is 12.0 Å². The molecule has 0 spiro atoms. The molecule has 2 aromatic carbocycles. The third kappa shape index (κ3) is 4.56. The second-order valence-electron chi connectivity index (χ2n) is 8.05. The molecule has 5 nitrogen and oxygen atoms in total. The number of hydrogen-bond donors (Lipinski definition) is 1. The van der Waals surface area contributed by atoms with Crippen LogP contribution in [0.2, 0.25) is 0 Å². The number of hydrogen-bond acceptors (Lipinski definition) is 3. The molecule has 2 aromatic rings. The number of amides is 2. The number of benzene rings is 2. The van der Waals surface area contributed by atoms with Gasteiger partial charge in [0, 0.05) is 23.2 Å². The van der Waals surface area contributed by atoms with Crippen molar-refractivity contribution in [3.8, 4) is 0 Å². The van der Waals surface area contributed by atoms with E-state index < -0.39 is 0 Å². The predicted octanol–water partition coefficient (Wildman–Crippen LogP) is 5.67. The third-order valence-electron chi connectivity index (χ3n) is 5.83. The average Bonchev–Trinajstić information content (AvgIpc) is 2.77. The van der Waals surface area contributed by atoms with Crippen LogP contribution in [-0.2, 0) is 17.6 Å². The number of azo groups is 1. The fourth-order valence-electron chi connectivity index (χ4n) is 4.27. The summed E-state index contributed by atoms with van der Waals surface area (Å²) >= 11 is 0. The molecule has 0 radical (unpaired) electrons. The van der Waals surface area contributed by atoms with E-state index in [2.05, 4.69) is 22.5 Å². The lowest BCUT2D eigenvalue weighted by atomic mass is 9.84. The van der Waals surface area contributed by atoms with Gasteiger partial charge in [-0.25, -0.2) is 0 Å². The standard InChI is InChI=1S/C25H27N3O2/c1-2-6-17-11-13-19(14-12-17)24(29)26-20-8-5-7-18(15-20)16-23-21-9-3-4-10-22(21)25(30)28-27-23/h5,7-8,11-15,23H,2-4,6,9-10,16H2,1H3,(H,26,29). The minimum atomic E-state index is -0.160. The zero-order valence-corrected chi connectivity index (χ0v) is 17.4. The van der Waals surface area contributed by atoms with Crippen molar-refractivity contribution in [2.75, 3.05) is 5.32 Å². The van der Waals surface area contributed by atoms with Crippen molar-refractivity contribution in [1.29, 1.82) is 0 Å². The first-order valence-corrected chi connectivity index (χ1v) is 10.8. The van der Waals surface area contributed by atoms with Crippen molar-refractivity contribution in [2.24, 2.45) is 10.2 Å². The Morgan fingerprint density at radius 1 is 1.07 bits per heavy atom. The molecule has 0 aromatic heterocycles. The van der Waals surface area contributed by atoms with Gasteiger partial charge >= 0.3 is 0 Å². The monoisotopic (exact) mass is 401 g/mol. The normalized spacial score (nSPS) is 18.3. The number of nitrogens with zero attached hydrogens (tertiary/aromatic N) is 2. The maximum Gasteiger partial charge on any atom is 0.291 e. The molecule has 0 fully saturated rings. The summed E-state index contributed by atoms with van der Waals surface area (Å²) < 4.78 is 0. The smallest absolute Gasteiger partial charge is 0.291 e. The second kappa shape index (κ2) is 9.16. The molecule has 1 N–H and O–H groups in total. The molecule has 5 heteroatoms. The van der Waals surface area contributed by atoms with Crippen LogP contribution in [0.5, 0.6) is 0 Å². The summed E-state index contributed by atoms with van der Waals surface area (Å²) in [6.45, 7) is 2.14. The van der Waals surface area contributed by atoms with Crippen LogP contribution in [0.3, 0.4) is 0 Å². The summed E-state index contributed by atoms with van der Waals surface area (Å²) in [6, 6.07) is 15.6. The van der Waals surface area contributed by atoms with Crippen LogP contribution >= 0.6 is 0 Å². The van der Waals surface area contributed by atoms with Gasteiger partial charge in [0.2, 0.25) is 0 Å². The molecule has 1 atom stereocenters. The molecular formula is C25H27N3O2. The predicted molar refractivity (Wildman–Crippen MR) is 118 cm³/mol. The highest BCUT2D eigenvalue weighted by Crippen LogP contribution is 2.33. The fraction of sp³-hybridized carbons (Fsp3) is 0.360. The highest BCUT2D eigenvalue weighted by molar-refractivity contribution is 6.04. The van der Waals surface area contributed by atoms with Gasteiger partial charge in [-0.3, -0.25) is 9.59 Å². The summed E-state index contributed by atoms with van der Waals surface area (Å²) in [5.41, 5.74) is 5.75. The molecule has 0 saturated carbocycles. The zero-order chi connectivity index (χ0) is 20.9. The Bertz CT molecular complexity index is 1010. The van der Waals surface area contributed by atoms with Crippen LogP contribution in [0.15, 0.2) is 69.9 Å². The minimum absolute atomic E-state index is 0.0740. The summed E-state index contributed by atoms with van der Waals surface area (Å²) in [4.78, 5) is 24.6. The summed E-state index contributed by atoms with van der Waals surface area (Å²) in [5.74, 6) is -0.276. The Morgan fingerprint density at radius 2 is 1.87 bits per heavy atom. The van der Waals surface area contributed by atoms with Crippen LogP contribution in [0.25, 0.3) is 0 Å². The van der Waals surface area contributed by atoms with Gasteiger partial charge in [-0.1, -0.05) is 37.6 Å². The van der Waals surface area contributed by atoms with Gasteiger partial charge in [-0.15, -0.1) is 5.11 Å². The van der Waals surface area contributed by atoms with Gasteiger partial charge in [0.1, 0.15) is 0 Å². The summed E-state index contributed by atoms with van der Waals surface area (Å²) in [7, 11) is 0. The quantitative estimate of drug-likeness (QED) is 0.678. The van der Waals surface area contributed by atoms with Gasteiger partial charge in [0.05, 0.1) is 6.04 Å². The molecule has 0 saturated heterocycles. The molecule has 1 unspecified atom stereocenters. The van der Waals surface area contributed by atoms with Crippen molar-refractivity contribution in [3.63, 3.8) is 0 Å². The topological polar surface area (TPSA) is 70.9 Å². The van der Waals surface area contributed by atoms with E-state index in [1.165, 1.54) is 5.56 Å². The summed E-state index contributed by atoms with van der Waals surface area (Å²) in [6.07, 6.45) is 6.69. The number of carbonyl (C=O) groups excluding carboxylic acids is 2. The second-order valence-corrected chi connectivity index (χ2v) is 8.05. The lowest BCUT2D eigenvalue weighted by molar-refractivity contribution is -0.115. The van der Waals surface area contributed by atoms with Gasteiger partial charge in [0.15, 0.2) is 0 Å². The van der Waals surface area contributed by atoms with Crippen LogP contribution in [-0.4, -0.2) is 17.9 Å². The van der Waals surface area contributed by atoms with E-state index >= 15 is 0 Å². The van der Waals surface area contributed by atoms with Gasteiger partial charge in [0.25, 0.3) is 11.8 Å². The van der Waals surface area contributed by atoms with E-state index in [-0.39, 0.29) is 17.9 Å². The fourth-order valence-corrected chi connectivity index (χ4v) is 4.27. The van der Waals surface area contributed by atoms with E-state index in [1.807, 2.05) is 48.5 Å². The molecule has 4 rings (SSSR count). The van der Waals surface area contributed by atoms with Crippen LogP contribution in [0.1, 0.15) is 60.5 Å². The van der Waals surface area contributed by atoms with Crippen molar-refractivity contribution in [1.82, 2.24) is 0 Å². The van der Waals surface area contributed by atoms with Gasteiger partial charge in [-0.05, 0) is 73.1 Å². The molecule has 2 aliphatic rings. The Hall–Kier alpha value is -3.08. The van der Waals surface area contributed by atoms with Crippen LogP contribution in [0, 0.1) is 0 Å². The highest BCUT2D eigenvalue weighted by Gasteiger charge is 2.28. The van der Waals surface area contributed by atoms with Crippen LogP contribution < -0.4 is 5.32 Å². The Balaban J connectivity index is 1.45. The van der Waals surface area contributed by atoms with E-state index in [4.69, 9.17) is 0 Å². The van der Waals surface area contributed by atoms with Gasteiger partial charge in [-0.2, -0.15) is 5.11 Å². The van der Waals surface area contributed by atoms with E-state index in [9.17, 15) is 9.59 Å². The van der Waals surface area contributed by atoms with Crippen molar-refractivity contribution >= 4 is 17.5 Å². The number of aryl methyl sites for hydroxylation is 1. The highest BCUT2D eigenvalue weighted by atomic mass is 16.2. The first-order chi connectivity index (χ1) is 14.6. The molecule has 154 valence electrons. The van der Waals surface area contributed by atoms with Crippen molar-refractivity contribution < 1.29 is 9.59 Å². The van der Waals surface area contributed by atoms with Crippen molar-refractivity contribution in [3.05, 3.63) is 76.4 Å². The molecule has 1 aliphatic heterocycles. The molecule has 2 amide bonds. The first kappa shape index (κ1) is 20.2. The number of nitrogens with one attached hydrogen (secondary N) is 1.